The number of unbranched alkanes of at least 4 members (excludes halogenated alkanes) is 5. The molecule has 0 radical (unpaired) electrons. The lowest BCUT2D eigenvalue weighted by atomic mass is 10.1. The van der Waals surface area contributed by atoms with Crippen LogP contribution < -0.4 is 0 Å². The molecule has 0 aliphatic carbocycles. The zero-order valence-corrected chi connectivity index (χ0v) is 13.6. The summed E-state index contributed by atoms with van der Waals surface area (Å²) in [6, 6.07) is 0. The number of hydrogen-bond donors (Lipinski definition) is 0. The standard InChI is InChI=1S/C16H29ClN2/c1-4-7-8-9-10-11-12-19-16(6-3)14(13-17)15(5-2)18-19/h4-13H2,1-3H3. The fraction of sp³-hybridized carbons (Fsp3) is 0.812. The Bertz CT molecular complexity index is 358. The Labute approximate surface area is 123 Å². The number of rotatable bonds is 10. The first kappa shape index (κ1) is 16.6. The van der Waals surface area contributed by atoms with Crippen molar-refractivity contribution in [3.05, 3.63) is 17.0 Å². The van der Waals surface area contributed by atoms with Gasteiger partial charge in [0.1, 0.15) is 0 Å². The summed E-state index contributed by atoms with van der Waals surface area (Å²) in [6.45, 7) is 7.67. The monoisotopic (exact) mass is 284 g/mol. The Morgan fingerprint density at radius 1 is 0.947 bits per heavy atom. The van der Waals surface area contributed by atoms with Crippen LogP contribution in [0.4, 0.5) is 0 Å². The predicted molar refractivity (Wildman–Crippen MR) is 83.9 cm³/mol. The highest BCUT2D eigenvalue weighted by Crippen LogP contribution is 2.19. The van der Waals surface area contributed by atoms with Gasteiger partial charge in [-0.2, -0.15) is 5.10 Å². The molecule has 0 unspecified atom stereocenters. The van der Waals surface area contributed by atoms with Crippen LogP contribution in [0.2, 0.25) is 0 Å². The molecule has 0 saturated carbocycles. The van der Waals surface area contributed by atoms with Crippen LogP contribution in [0.5, 0.6) is 0 Å². The van der Waals surface area contributed by atoms with E-state index in [0.29, 0.717) is 5.88 Å². The van der Waals surface area contributed by atoms with E-state index in [0.717, 1.165) is 19.4 Å². The van der Waals surface area contributed by atoms with Gasteiger partial charge < -0.3 is 0 Å². The van der Waals surface area contributed by atoms with Crippen LogP contribution in [-0.4, -0.2) is 9.78 Å². The lowest BCUT2D eigenvalue weighted by Crippen LogP contribution is -2.05. The number of alkyl halides is 1. The number of aryl methyl sites for hydroxylation is 2. The zero-order valence-electron chi connectivity index (χ0n) is 12.8. The quantitative estimate of drug-likeness (QED) is 0.431. The summed E-state index contributed by atoms with van der Waals surface area (Å²) < 4.78 is 2.20. The highest BCUT2D eigenvalue weighted by molar-refractivity contribution is 6.17. The molecule has 1 rings (SSSR count). The number of hydrogen-bond acceptors (Lipinski definition) is 1. The van der Waals surface area contributed by atoms with Crippen molar-refractivity contribution in [2.24, 2.45) is 0 Å². The molecule has 0 aliphatic rings. The molecular formula is C16H29ClN2. The summed E-state index contributed by atoms with van der Waals surface area (Å²) in [5, 5.41) is 4.74. The summed E-state index contributed by atoms with van der Waals surface area (Å²) >= 11 is 6.07. The minimum Gasteiger partial charge on any atom is -0.269 e. The molecule has 3 heteroatoms. The number of aromatic nitrogens is 2. The van der Waals surface area contributed by atoms with Crippen LogP contribution in [0.3, 0.4) is 0 Å². The van der Waals surface area contributed by atoms with E-state index in [4.69, 9.17) is 16.7 Å². The van der Waals surface area contributed by atoms with E-state index in [1.165, 1.54) is 55.5 Å². The highest BCUT2D eigenvalue weighted by Gasteiger charge is 2.13. The number of halogens is 1. The fourth-order valence-corrected chi connectivity index (χ4v) is 2.96. The second-order valence-electron chi connectivity index (χ2n) is 5.20. The molecule has 0 bridgehead atoms. The second-order valence-corrected chi connectivity index (χ2v) is 5.47. The average molecular weight is 285 g/mol. The molecule has 0 fully saturated rings. The van der Waals surface area contributed by atoms with Gasteiger partial charge in [-0.25, -0.2) is 0 Å². The van der Waals surface area contributed by atoms with E-state index < -0.39 is 0 Å². The molecule has 1 aromatic rings. The molecule has 1 heterocycles. The molecule has 19 heavy (non-hydrogen) atoms. The van der Waals surface area contributed by atoms with Crippen LogP contribution in [0.25, 0.3) is 0 Å². The summed E-state index contributed by atoms with van der Waals surface area (Å²) in [5.41, 5.74) is 3.82. The Hall–Kier alpha value is -0.500. The minimum absolute atomic E-state index is 0.600. The Morgan fingerprint density at radius 2 is 1.63 bits per heavy atom. The van der Waals surface area contributed by atoms with Gasteiger partial charge in [-0.15, -0.1) is 11.6 Å². The van der Waals surface area contributed by atoms with Crippen molar-refractivity contribution in [2.45, 2.75) is 84.6 Å². The van der Waals surface area contributed by atoms with Crippen LogP contribution >= 0.6 is 11.6 Å². The Balaban J connectivity index is 2.50. The molecule has 2 nitrogen and oxygen atoms in total. The third-order valence-corrected chi connectivity index (χ3v) is 4.04. The molecular weight excluding hydrogens is 256 g/mol. The first-order chi connectivity index (χ1) is 9.28. The molecule has 0 atom stereocenters. The molecule has 0 spiro atoms. The van der Waals surface area contributed by atoms with Crippen molar-refractivity contribution in [3.63, 3.8) is 0 Å². The maximum absolute atomic E-state index is 6.07. The van der Waals surface area contributed by atoms with E-state index in [2.05, 4.69) is 25.5 Å². The maximum atomic E-state index is 6.07. The lowest BCUT2D eigenvalue weighted by molar-refractivity contribution is 0.512. The van der Waals surface area contributed by atoms with E-state index in [1.807, 2.05) is 0 Å². The summed E-state index contributed by atoms with van der Waals surface area (Å²) in [4.78, 5) is 0. The second kappa shape index (κ2) is 9.41. The normalized spacial score (nSPS) is 11.2. The van der Waals surface area contributed by atoms with Gasteiger partial charge in [0.25, 0.3) is 0 Å². The third kappa shape index (κ3) is 4.83. The third-order valence-electron chi connectivity index (χ3n) is 3.78. The maximum Gasteiger partial charge on any atom is 0.0668 e. The van der Waals surface area contributed by atoms with E-state index in [-0.39, 0.29) is 0 Å². The van der Waals surface area contributed by atoms with E-state index >= 15 is 0 Å². The van der Waals surface area contributed by atoms with Gasteiger partial charge in [-0.1, -0.05) is 52.9 Å². The van der Waals surface area contributed by atoms with Gasteiger partial charge in [-0.3, -0.25) is 4.68 Å². The van der Waals surface area contributed by atoms with Gasteiger partial charge in [0, 0.05) is 17.8 Å². The molecule has 0 aliphatic heterocycles. The van der Waals surface area contributed by atoms with Crippen molar-refractivity contribution in [3.8, 4) is 0 Å². The van der Waals surface area contributed by atoms with Crippen LogP contribution in [0, 0.1) is 0 Å². The first-order valence-electron chi connectivity index (χ1n) is 7.91. The zero-order chi connectivity index (χ0) is 14.1. The van der Waals surface area contributed by atoms with Crippen LogP contribution in [-0.2, 0) is 25.3 Å². The molecule has 0 saturated heterocycles. The van der Waals surface area contributed by atoms with Crippen molar-refractivity contribution < 1.29 is 0 Å². The largest absolute Gasteiger partial charge is 0.269 e. The minimum atomic E-state index is 0.600. The van der Waals surface area contributed by atoms with Crippen molar-refractivity contribution in [1.82, 2.24) is 9.78 Å². The topological polar surface area (TPSA) is 17.8 Å². The van der Waals surface area contributed by atoms with Gasteiger partial charge in [0.05, 0.1) is 11.6 Å². The summed E-state index contributed by atoms with van der Waals surface area (Å²) in [5.74, 6) is 0.600. The van der Waals surface area contributed by atoms with Crippen LogP contribution in [0.15, 0.2) is 0 Å². The van der Waals surface area contributed by atoms with E-state index in [1.54, 1.807) is 0 Å². The SMILES string of the molecule is CCCCCCCCn1nc(CC)c(CCl)c1CC. The van der Waals surface area contributed by atoms with Crippen molar-refractivity contribution >= 4 is 11.6 Å². The van der Waals surface area contributed by atoms with Crippen LogP contribution in [0.1, 0.15) is 76.2 Å². The fourth-order valence-electron chi connectivity index (χ4n) is 2.65. The average Bonchev–Trinajstić information content (AvgIpc) is 2.79. The van der Waals surface area contributed by atoms with Crippen molar-refractivity contribution in [2.75, 3.05) is 0 Å². The van der Waals surface area contributed by atoms with Gasteiger partial charge in [0.15, 0.2) is 0 Å². The Morgan fingerprint density at radius 3 is 2.21 bits per heavy atom. The van der Waals surface area contributed by atoms with E-state index in [9.17, 15) is 0 Å². The summed E-state index contributed by atoms with van der Waals surface area (Å²) in [6.07, 6.45) is 10.0. The number of nitrogens with zero attached hydrogens (tertiary/aromatic N) is 2. The first-order valence-corrected chi connectivity index (χ1v) is 8.45. The van der Waals surface area contributed by atoms with Gasteiger partial charge in [-0.05, 0) is 19.3 Å². The van der Waals surface area contributed by atoms with Gasteiger partial charge in [0.2, 0.25) is 0 Å². The van der Waals surface area contributed by atoms with Gasteiger partial charge >= 0.3 is 0 Å². The molecule has 0 aromatic carbocycles. The molecule has 0 amide bonds. The highest BCUT2D eigenvalue weighted by atomic mass is 35.5. The molecule has 1 aromatic heterocycles. The van der Waals surface area contributed by atoms with Crippen molar-refractivity contribution in [1.29, 1.82) is 0 Å². The molecule has 0 N–H and O–H groups in total. The summed E-state index contributed by atoms with van der Waals surface area (Å²) in [7, 11) is 0. The predicted octanol–water partition coefficient (Wildman–Crippen LogP) is 5.11. The smallest absolute Gasteiger partial charge is 0.0668 e. The molecule has 110 valence electrons. The lowest BCUT2D eigenvalue weighted by Gasteiger charge is -2.07. The Kier molecular flexibility index (Phi) is 8.20.